The largest absolute Gasteiger partial charge is 0.369 e. The van der Waals surface area contributed by atoms with E-state index in [1.165, 1.54) is 10.5 Å². The second-order valence-electron chi connectivity index (χ2n) is 6.53. The fourth-order valence-electron chi connectivity index (χ4n) is 3.05. The third-order valence-corrected chi connectivity index (χ3v) is 4.51. The van der Waals surface area contributed by atoms with Gasteiger partial charge in [-0.3, -0.25) is 4.79 Å². The first-order valence-corrected chi connectivity index (χ1v) is 8.46. The van der Waals surface area contributed by atoms with Crippen molar-refractivity contribution in [1.82, 2.24) is 15.0 Å². The number of anilines is 3. The minimum atomic E-state index is -0.201. The number of carbonyl (C=O) groups excluding carboxylic acids is 1. The van der Waals surface area contributed by atoms with E-state index in [1.807, 2.05) is 31.2 Å². The molecule has 0 atom stereocenters. The molecule has 25 heavy (non-hydrogen) atoms. The van der Waals surface area contributed by atoms with Crippen molar-refractivity contribution in [3.05, 3.63) is 35.7 Å². The maximum absolute atomic E-state index is 11.3. The SMILES string of the molecule is Cc1ccc(Nc2nc(N)nc(C[NH+]3CCC(C(N)=O)CC3)n2)cc1. The predicted molar refractivity (Wildman–Crippen MR) is 95.0 cm³/mol. The Morgan fingerprint density at radius 2 is 1.88 bits per heavy atom. The highest BCUT2D eigenvalue weighted by Gasteiger charge is 2.26. The number of amides is 1. The van der Waals surface area contributed by atoms with Gasteiger partial charge in [0.25, 0.3) is 0 Å². The zero-order chi connectivity index (χ0) is 17.8. The monoisotopic (exact) mass is 342 g/mol. The number of hydrogen-bond donors (Lipinski definition) is 4. The number of nitrogen functional groups attached to an aromatic ring is 1. The molecule has 8 heteroatoms. The molecule has 0 spiro atoms. The lowest BCUT2D eigenvalue weighted by Crippen LogP contribution is -3.12. The molecule has 8 nitrogen and oxygen atoms in total. The van der Waals surface area contributed by atoms with Crippen molar-refractivity contribution in [3.63, 3.8) is 0 Å². The van der Waals surface area contributed by atoms with Gasteiger partial charge in [-0.1, -0.05) is 17.7 Å². The van der Waals surface area contributed by atoms with E-state index in [1.54, 1.807) is 0 Å². The van der Waals surface area contributed by atoms with Gasteiger partial charge < -0.3 is 21.7 Å². The Bertz CT molecular complexity index is 739. The number of nitrogens with two attached hydrogens (primary N) is 2. The number of aryl methyl sites for hydroxylation is 1. The standard InChI is InChI=1S/C17H23N7O/c1-11-2-4-13(5-3-11)20-17-22-14(21-16(19)23-17)10-24-8-6-12(7-9-24)15(18)25/h2-5,12H,6-10H2,1H3,(H2,18,25)(H3,19,20,21,22,23)/p+1. The average Bonchev–Trinajstić information content (AvgIpc) is 2.57. The molecule has 2 aromatic rings. The van der Waals surface area contributed by atoms with Crippen LogP contribution in [0.2, 0.25) is 0 Å². The lowest BCUT2D eigenvalue weighted by molar-refractivity contribution is -0.920. The molecular formula is C17H24N7O+. The van der Waals surface area contributed by atoms with Crippen LogP contribution >= 0.6 is 0 Å². The van der Waals surface area contributed by atoms with Crippen LogP contribution in [-0.2, 0) is 11.3 Å². The van der Waals surface area contributed by atoms with Gasteiger partial charge in [-0.2, -0.15) is 15.0 Å². The van der Waals surface area contributed by atoms with Crippen LogP contribution in [0.4, 0.5) is 17.6 Å². The van der Waals surface area contributed by atoms with Crippen LogP contribution in [0.1, 0.15) is 24.2 Å². The minimum Gasteiger partial charge on any atom is -0.369 e. The molecule has 0 aliphatic carbocycles. The Morgan fingerprint density at radius 3 is 2.52 bits per heavy atom. The number of nitrogens with zero attached hydrogens (tertiary/aromatic N) is 3. The van der Waals surface area contributed by atoms with Crippen molar-refractivity contribution in [3.8, 4) is 0 Å². The van der Waals surface area contributed by atoms with Gasteiger partial charge in [-0.05, 0) is 19.1 Å². The van der Waals surface area contributed by atoms with Gasteiger partial charge in [-0.25, -0.2) is 0 Å². The van der Waals surface area contributed by atoms with Crippen LogP contribution in [0.15, 0.2) is 24.3 Å². The summed E-state index contributed by atoms with van der Waals surface area (Å²) in [7, 11) is 0. The number of carbonyl (C=O) groups is 1. The first kappa shape index (κ1) is 17.1. The smallest absolute Gasteiger partial charge is 0.232 e. The molecule has 3 rings (SSSR count). The molecule has 1 fully saturated rings. The highest BCUT2D eigenvalue weighted by molar-refractivity contribution is 5.76. The van der Waals surface area contributed by atoms with E-state index >= 15 is 0 Å². The Balaban J connectivity index is 1.65. The second kappa shape index (κ2) is 7.43. The first-order chi connectivity index (χ1) is 12.0. The molecule has 0 saturated carbocycles. The van der Waals surface area contributed by atoms with Crippen LogP contribution in [0.25, 0.3) is 0 Å². The molecular weight excluding hydrogens is 318 g/mol. The third kappa shape index (κ3) is 4.63. The van der Waals surface area contributed by atoms with Crippen molar-refractivity contribution in [1.29, 1.82) is 0 Å². The Kier molecular flexibility index (Phi) is 5.08. The molecule has 0 radical (unpaired) electrons. The van der Waals surface area contributed by atoms with Gasteiger partial charge in [0.1, 0.15) is 6.54 Å². The van der Waals surface area contributed by atoms with Crippen molar-refractivity contribution in [2.24, 2.45) is 11.7 Å². The normalized spacial score (nSPS) is 20.2. The lowest BCUT2D eigenvalue weighted by atomic mass is 9.96. The highest BCUT2D eigenvalue weighted by Crippen LogP contribution is 2.14. The summed E-state index contributed by atoms with van der Waals surface area (Å²) in [5, 5.41) is 3.16. The van der Waals surface area contributed by atoms with E-state index in [4.69, 9.17) is 11.5 Å². The van der Waals surface area contributed by atoms with E-state index in [9.17, 15) is 4.79 Å². The maximum atomic E-state index is 11.3. The number of hydrogen-bond acceptors (Lipinski definition) is 6. The summed E-state index contributed by atoms with van der Waals surface area (Å²) in [6, 6.07) is 7.96. The Morgan fingerprint density at radius 1 is 1.20 bits per heavy atom. The summed E-state index contributed by atoms with van der Waals surface area (Å²) in [5.74, 6) is 1.08. The molecule has 6 N–H and O–H groups in total. The second-order valence-corrected chi connectivity index (χ2v) is 6.53. The molecule has 2 heterocycles. The number of likely N-dealkylation sites (tertiary alicyclic amines) is 1. The minimum absolute atomic E-state index is 0.00839. The van der Waals surface area contributed by atoms with Gasteiger partial charge in [0.15, 0.2) is 5.82 Å². The Hall–Kier alpha value is -2.74. The predicted octanol–water partition coefficient (Wildman–Crippen LogP) is -0.214. The number of benzene rings is 1. The number of primary amides is 1. The van der Waals surface area contributed by atoms with Gasteiger partial charge in [0.05, 0.1) is 13.1 Å². The summed E-state index contributed by atoms with van der Waals surface area (Å²) in [4.78, 5) is 25.5. The molecule has 0 bridgehead atoms. The van der Waals surface area contributed by atoms with Crippen LogP contribution in [0.5, 0.6) is 0 Å². The summed E-state index contributed by atoms with van der Waals surface area (Å²) < 4.78 is 0. The topological polar surface area (TPSA) is 124 Å². The van der Waals surface area contributed by atoms with Gasteiger partial charge >= 0.3 is 0 Å². The summed E-state index contributed by atoms with van der Waals surface area (Å²) in [6.45, 7) is 4.44. The van der Waals surface area contributed by atoms with E-state index in [0.717, 1.165) is 31.6 Å². The third-order valence-electron chi connectivity index (χ3n) is 4.51. The van der Waals surface area contributed by atoms with Gasteiger partial charge in [0.2, 0.25) is 17.8 Å². The molecule has 1 saturated heterocycles. The highest BCUT2D eigenvalue weighted by atomic mass is 16.1. The Labute approximate surface area is 146 Å². The average molecular weight is 342 g/mol. The van der Waals surface area contributed by atoms with Crippen molar-refractivity contribution in [2.45, 2.75) is 26.3 Å². The van der Waals surface area contributed by atoms with E-state index < -0.39 is 0 Å². The lowest BCUT2D eigenvalue weighted by Gasteiger charge is -2.27. The molecule has 1 aromatic carbocycles. The molecule has 132 valence electrons. The van der Waals surface area contributed by atoms with E-state index in [-0.39, 0.29) is 17.8 Å². The fourth-order valence-corrected chi connectivity index (χ4v) is 3.05. The number of aromatic nitrogens is 3. The van der Waals surface area contributed by atoms with Gasteiger partial charge in [-0.15, -0.1) is 0 Å². The number of quaternary nitrogens is 1. The molecule has 1 aliphatic heterocycles. The van der Waals surface area contributed by atoms with Crippen LogP contribution in [-0.4, -0.2) is 33.9 Å². The maximum Gasteiger partial charge on any atom is 0.232 e. The molecule has 1 amide bonds. The van der Waals surface area contributed by atoms with Crippen molar-refractivity contribution in [2.75, 3.05) is 24.1 Å². The molecule has 1 aliphatic rings. The summed E-state index contributed by atoms with van der Waals surface area (Å²) in [5.41, 5.74) is 13.3. The number of nitrogens with one attached hydrogen (secondary N) is 2. The van der Waals surface area contributed by atoms with E-state index in [2.05, 4.69) is 20.3 Å². The first-order valence-electron chi connectivity index (χ1n) is 8.46. The molecule has 1 aromatic heterocycles. The summed E-state index contributed by atoms with van der Waals surface area (Å²) in [6.07, 6.45) is 1.61. The van der Waals surface area contributed by atoms with Crippen LogP contribution < -0.4 is 21.7 Å². The fraction of sp³-hybridized carbons (Fsp3) is 0.412. The quantitative estimate of drug-likeness (QED) is 0.596. The van der Waals surface area contributed by atoms with Gasteiger partial charge in [0, 0.05) is 24.4 Å². The van der Waals surface area contributed by atoms with Crippen molar-refractivity contribution < 1.29 is 9.69 Å². The van der Waals surface area contributed by atoms with Crippen LogP contribution in [0.3, 0.4) is 0 Å². The number of rotatable bonds is 5. The van der Waals surface area contributed by atoms with E-state index in [0.29, 0.717) is 18.3 Å². The zero-order valence-electron chi connectivity index (χ0n) is 14.3. The number of piperidine rings is 1. The van der Waals surface area contributed by atoms with Crippen LogP contribution in [0, 0.1) is 12.8 Å². The summed E-state index contributed by atoms with van der Waals surface area (Å²) >= 11 is 0. The zero-order valence-corrected chi connectivity index (χ0v) is 14.3. The van der Waals surface area contributed by atoms with Crippen molar-refractivity contribution >= 4 is 23.5 Å². The molecule has 0 unspecified atom stereocenters.